The number of carbonyl (C=O) groups is 3. The lowest BCUT2D eigenvalue weighted by atomic mass is 10.0. The van der Waals surface area contributed by atoms with Gasteiger partial charge >= 0.3 is 0 Å². The van der Waals surface area contributed by atoms with Gasteiger partial charge in [0.05, 0.1) is 4.92 Å². The van der Waals surface area contributed by atoms with Gasteiger partial charge in [0.1, 0.15) is 5.57 Å². The molecule has 2 saturated heterocycles. The highest BCUT2D eigenvalue weighted by Gasteiger charge is 2.35. The van der Waals surface area contributed by atoms with E-state index in [0.717, 1.165) is 0 Å². The fraction of sp³-hybridized carbons (Fsp3) is 0.368. The lowest BCUT2D eigenvalue weighted by molar-refractivity contribution is -0.384. The van der Waals surface area contributed by atoms with Gasteiger partial charge in [-0.25, -0.2) is 0 Å². The number of piperazine rings is 1. The van der Waals surface area contributed by atoms with Crippen LogP contribution in [0.25, 0.3) is 6.08 Å². The zero-order chi connectivity index (χ0) is 22.2. The van der Waals surface area contributed by atoms with Crippen molar-refractivity contribution in [3.8, 4) is 0 Å². The molecule has 30 heavy (non-hydrogen) atoms. The van der Waals surface area contributed by atoms with Crippen molar-refractivity contribution in [2.75, 3.05) is 45.2 Å². The van der Waals surface area contributed by atoms with Gasteiger partial charge in [0.15, 0.2) is 5.11 Å². The van der Waals surface area contributed by atoms with Crippen LogP contribution in [0.2, 0.25) is 0 Å². The van der Waals surface area contributed by atoms with Crippen LogP contribution < -0.4 is 4.90 Å². The molecule has 158 valence electrons. The molecule has 1 aromatic rings. The predicted molar refractivity (Wildman–Crippen MR) is 114 cm³/mol. The molecule has 0 unspecified atom stereocenters. The van der Waals surface area contributed by atoms with Crippen LogP contribution in [-0.2, 0) is 14.4 Å². The minimum absolute atomic E-state index is 0.0128. The highest BCUT2D eigenvalue weighted by molar-refractivity contribution is 7.80. The summed E-state index contributed by atoms with van der Waals surface area (Å²) < 4.78 is 0. The van der Waals surface area contributed by atoms with Crippen molar-refractivity contribution in [2.45, 2.75) is 6.92 Å². The van der Waals surface area contributed by atoms with Crippen LogP contribution in [0, 0.1) is 10.1 Å². The summed E-state index contributed by atoms with van der Waals surface area (Å²) in [6.45, 7) is 3.59. The van der Waals surface area contributed by atoms with E-state index in [4.69, 9.17) is 12.2 Å². The monoisotopic (exact) mass is 431 g/mol. The third kappa shape index (κ3) is 3.88. The number of nitrogens with zero attached hydrogens (tertiary/aromatic N) is 5. The highest BCUT2D eigenvalue weighted by atomic mass is 32.1. The topological polar surface area (TPSA) is 107 Å². The van der Waals surface area contributed by atoms with Crippen molar-refractivity contribution in [2.24, 2.45) is 0 Å². The first-order valence-corrected chi connectivity index (χ1v) is 9.63. The Morgan fingerprint density at radius 3 is 2.17 bits per heavy atom. The Morgan fingerprint density at radius 1 is 1.10 bits per heavy atom. The van der Waals surface area contributed by atoms with E-state index in [1.165, 1.54) is 49.0 Å². The number of nitro benzene ring substituents is 1. The Morgan fingerprint density at radius 2 is 1.67 bits per heavy atom. The lowest BCUT2D eigenvalue weighted by Gasteiger charge is -2.36. The van der Waals surface area contributed by atoms with E-state index in [9.17, 15) is 24.5 Å². The highest BCUT2D eigenvalue weighted by Crippen LogP contribution is 2.30. The number of hydrogen-bond donors (Lipinski definition) is 0. The van der Waals surface area contributed by atoms with E-state index < -0.39 is 16.7 Å². The minimum Gasteiger partial charge on any atom is -0.367 e. The number of thiocarbonyl (C=S) groups is 1. The summed E-state index contributed by atoms with van der Waals surface area (Å²) in [5, 5.41) is 11.4. The third-order valence-corrected chi connectivity index (χ3v) is 5.78. The Kier molecular flexibility index (Phi) is 5.83. The molecule has 0 spiro atoms. The number of amides is 3. The molecule has 0 radical (unpaired) electrons. The van der Waals surface area contributed by atoms with Gasteiger partial charge in [-0.05, 0) is 24.4 Å². The summed E-state index contributed by atoms with van der Waals surface area (Å²) in [5.74, 6) is -1.15. The predicted octanol–water partition coefficient (Wildman–Crippen LogP) is 0.862. The Labute approximate surface area is 178 Å². The quantitative estimate of drug-likeness (QED) is 0.230. The fourth-order valence-electron chi connectivity index (χ4n) is 3.45. The van der Waals surface area contributed by atoms with Gasteiger partial charge in [0, 0.05) is 70.6 Å². The normalized spacial score (nSPS) is 17.6. The van der Waals surface area contributed by atoms with Crippen molar-refractivity contribution in [1.29, 1.82) is 0 Å². The molecule has 11 heteroatoms. The second-order valence-electron chi connectivity index (χ2n) is 7.06. The van der Waals surface area contributed by atoms with Crippen LogP contribution in [0.15, 0.2) is 23.8 Å². The van der Waals surface area contributed by atoms with E-state index in [1.807, 2.05) is 4.90 Å². The average molecular weight is 431 g/mol. The molecule has 2 aliphatic heterocycles. The summed E-state index contributed by atoms with van der Waals surface area (Å²) in [4.78, 5) is 53.7. The van der Waals surface area contributed by atoms with Gasteiger partial charge in [-0.1, -0.05) is 0 Å². The molecule has 3 rings (SSSR count). The van der Waals surface area contributed by atoms with E-state index >= 15 is 0 Å². The number of rotatable bonds is 3. The van der Waals surface area contributed by atoms with Gasteiger partial charge in [-0.3, -0.25) is 34.3 Å². The van der Waals surface area contributed by atoms with E-state index in [0.29, 0.717) is 37.4 Å². The first-order chi connectivity index (χ1) is 14.1. The van der Waals surface area contributed by atoms with Crippen molar-refractivity contribution in [3.05, 3.63) is 39.4 Å². The van der Waals surface area contributed by atoms with Crippen LogP contribution >= 0.6 is 12.2 Å². The fourth-order valence-corrected chi connectivity index (χ4v) is 3.62. The van der Waals surface area contributed by atoms with E-state index in [-0.39, 0.29) is 22.3 Å². The molecule has 2 heterocycles. The number of anilines is 1. The first kappa shape index (κ1) is 21.4. The molecule has 0 N–H and O–H groups in total. The zero-order valence-corrected chi connectivity index (χ0v) is 17.6. The average Bonchev–Trinajstić information content (AvgIpc) is 2.73. The van der Waals surface area contributed by atoms with Crippen LogP contribution in [0.3, 0.4) is 0 Å². The third-order valence-electron chi connectivity index (χ3n) is 5.23. The molecule has 0 aromatic heterocycles. The lowest BCUT2D eigenvalue weighted by Crippen LogP contribution is -2.52. The maximum atomic E-state index is 12.7. The zero-order valence-electron chi connectivity index (χ0n) is 16.8. The van der Waals surface area contributed by atoms with Gasteiger partial charge in [0.25, 0.3) is 17.5 Å². The van der Waals surface area contributed by atoms with Gasteiger partial charge < -0.3 is 9.80 Å². The second kappa shape index (κ2) is 8.19. The number of non-ortho nitro benzene ring substituents is 1. The smallest absolute Gasteiger partial charge is 0.270 e. The molecule has 2 aliphatic rings. The van der Waals surface area contributed by atoms with E-state index in [2.05, 4.69) is 0 Å². The van der Waals surface area contributed by atoms with Gasteiger partial charge in [0.2, 0.25) is 5.91 Å². The maximum Gasteiger partial charge on any atom is 0.270 e. The summed E-state index contributed by atoms with van der Waals surface area (Å²) in [6, 6.07) is 4.32. The molecule has 10 nitrogen and oxygen atoms in total. The SMILES string of the molecule is CC(=O)N1CCN(c2ccc([N+](=O)[O-])cc2C=C2C(=O)N(C)C(=S)N(C)C2=O)CC1. The maximum absolute atomic E-state index is 12.7. The molecule has 0 aliphatic carbocycles. The molecular formula is C19H21N5O5S. The van der Waals surface area contributed by atoms with E-state index in [1.54, 1.807) is 11.0 Å². The van der Waals surface area contributed by atoms with Crippen LogP contribution in [0.1, 0.15) is 12.5 Å². The standard InChI is InChI=1S/C19H21N5O5S/c1-12(25)22-6-8-23(9-7-22)16-5-4-14(24(28)29)10-13(16)11-15-17(26)20(2)19(30)21(3)18(15)27/h4-5,10-11H,6-9H2,1-3H3. The van der Waals surface area contributed by atoms with Crippen molar-refractivity contribution in [3.63, 3.8) is 0 Å². The van der Waals surface area contributed by atoms with Gasteiger partial charge in [-0.2, -0.15) is 0 Å². The van der Waals surface area contributed by atoms with Crippen LogP contribution in [-0.4, -0.2) is 82.7 Å². The molecule has 1 aromatic carbocycles. The molecular weight excluding hydrogens is 410 g/mol. The Bertz CT molecular complexity index is 958. The number of carbonyl (C=O) groups excluding carboxylic acids is 3. The van der Waals surface area contributed by atoms with Crippen molar-refractivity contribution >= 4 is 52.5 Å². The number of nitro groups is 1. The number of likely N-dealkylation sites (N-methyl/N-ethyl adjacent to an activating group) is 2. The summed E-state index contributed by atoms with van der Waals surface area (Å²) in [6.07, 6.45) is 1.37. The molecule has 0 bridgehead atoms. The second-order valence-corrected chi connectivity index (χ2v) is 7.43. The summed E-state index contributed by atoms with van der Waals surface area (Å²) in [5.41, 5.74) is 0.751. The Hall–Kier alpha value is -3.34. The molecule has 0 atom stereocenters. The summed E-state index contributed by atoms with van der Waals surface area (Å²) >= 11 is 5.09. The Balaban J connectivity index is 2.03. The van der Waals surface area contributed by atoms with Crippen LogP contribution in [0.4, 0.5) is 11.4 Å². The molecule has 0 saturated carbocycles. The molecule has 3 amide bonds. The van der Waals surface area contributed by atoms with Crippen LogP contribution in [0.5, 0.6) is 0 Å². The number of hydrogen-bond acceptors (Lipinski definition) is 7. The van der Waals surface area contributed by atoms with Crippen molar-refractivity contribution < 1.29 is 19.3 Å². The first-order valence-electron chi connectivity index (χ1n) is 9.22. The largest absolute Gasteiger partial charge is 0.367 e. The minimum atomic E-state index is -0.568. The van der Waals surface area contributed by atoms with Crippen molar-refractivity contribution in [1.82, 2.24) is 14.7 Å². The summed E-state index contributed by atoms with van der Waals surface area (Å²) in [7, 11) is 2.94. The molecule has 2 fully saturated rings. The van der Waals surface area contributed by atoms with Gasteiger partial charge in [-0.15, -0.1) is 0 Å². The number of benzene rings is 1.